The van der Waals surface area contributed by atoms with E-state index in [2.05, 4.69) is 44.9 Å². The molecule has 88 valence electrons. The summed E-state index contributed by atoms with van der Waals surface area (Å²) in [6.45, 7) is 5.59. The van der Waals surface area contributed by atoms with Crippen molar-refractivity contribution in [2.75, 3.05) is 39.0 Å². The van der Waals surface area contributed by atoms with Crippen LogP contribution < -0.4 is 5.73 Å². The fourth-order valence-electron chi connectivity index (χ4n) is 2.03. The highest BCUT2D eigenvalue weighted by molar-refractivity contribution is 9.10. The summed E-state index contributed by atoms with van der Waals surface area (Å²) in [6.07, 6.45) is 0. The third-order valence-corrected chi connectivity index (χ3v) is 3.44. The summed E-state index contributed by atoms with van der Waals surface area (Å²) < 4.78 is 1.07. The Bertz CT molecular complexity index is 339. The van der Waals surface area contributed by atoms with Gasteiger partial charge in [0.05, 0.1) is 0 Å². The number of hydrogen-bond acceptors (Lipinski definition) is 3. The maximum absolute atomic E-state index is 5.83. The van der Waals surface area contributed by atoms with Gasteiger partial charge in [-0.2, -0.15) is 0 Å². The number of nitrogen functional groups attached to an aromatic ring is 1. The zero-order valence-electron chi connectivity index (χ0n) is 9.62. The lowest BCUT2D eigenvalue weighted by molar-refractivity contribution is 0.148. The van der Waals surface area contributed by atoms with Crippen LogP contribution in [0.1, 0.15) is 5.56 Å². The van der Waals surface area contributed by atoms with Gasteiger partial charge in [0, 0.05) is 42.9 Å². The number of benzene rings is 1. The van der Waals surface area contributed by atoms with Crippen LogP contribution in [0.4, 0.5) is 5.69 Å². The molecule has 4 heteroatoms. The number of anilines is 1. The molecule has 0 saturated carbocycles. The predicted octanol–water partition coefficient (Wildman–Crippen LogP) is 1.78. The van der Waals surface area contributed by atoms with Gasteiger partial charge in [0.25, 0.3) is 0 Å². The molecule has 0 unspecified atom stereocenters. The normalized spacial score (nSPS) is 18.9. The summed E-state index contributed by atoms with van der Waals surface area (Å²) in [5.41, 5.74) is 7.95. The van der Waals surface area contributed by atoms with Crippen molar-refractivity contribution >= 4 is 21.6 Å². The highest BCUT2D eigenvalue weighted by atomic mass is 79.9. The first-order chi connectivity index (χ1) is 7.63. The van der Waals surface area contributed by atoms with Crippen LogP contribution in [0.2, 0.25) is 0 Å². The number of likely N-dealkylation sites (N-methyl/N-ethyl adjacent to an activating group) is 1. The average molecular weight is 284 g/mol. The largest absolute Gasteiger partial charge is 0.399 e. The first-order valence-corrected chi connectivity index (χ1v) is 6.38. The third kappa shape index (κ3) is 3.20. The highest BCUT2D eigenvalue weighted by Gasteiger charge is 2.13. The van der Waals surface area contributed by atoms with E-state index in [1.54, 1.807) is 0 Å². The van der Waals surface area contributed by atoms with Gasteiger partial charge >= 0.3 is 0 Å². The van der Waals surface area contributed by atoms with Gasteiger partial charge in [-0.3, -0.25) is 4.90 Å². The molecule has 0 aliphatic carbocycles. The maximum atomic E-state index is 5.83. The Labute approximate surface area is 105 Å². The van der Waals surface area contributed by atoms with Crippen LogP contribution in [0.15, 0.2) is 22.7 Å². The summed E-state index contributed by atoms with van der Waals surface area (Å²) in [4.78, 5) is 4.84. The minimum Gasteiger partial charge on any atom is -0.399 e. The van der Waals surface area contributed by atoms with Gasteiger partial charge in [-0.05, 0) is 30.8 Å². The zero-order chi connectivity index (χ0) is 11.5. The van der Waals surface area contributed by atoms with E-state index in [1.165, 1.54) is 5.56 Å². The van der Waals surface area contributed by atoms with Crippen LogP contribution in [0.5, 0.6) is 0 Å². The molecule has 0 amide bonds. The third-order valence-electron chi connectivity index (χ3n) is 2.98. The molecule has 0 spiro atoms. The second-order valence-electron chi connectivity index (χ2n) is 4.47. The molecule has 1 aromatic rings. The average Bonchev–Trinajstić information content (AvgIpc) is 2.20. The molecule has 1 saturated heterocycles. The van der Waals surface area contributed by atoms with Crippen LogP contribution in [0.25, 0.3) is 0 Å². The van der Waals surface area contributed by atoms with Crippen LogP contribution in [-0.4, -0.2) is 43.0 Å². The van der Waals surface area contributed by atoms with E-state index in [4.69, 9.17) is 5.73 Å². The standard InChI is InChI=1S/C12H18BrN3/c1-15-2-4-16(5-3-15)9-10-6-11(13)8-12(14)7-10/h6-8H,2-5,9,14H2,1H3. The van der Waals surface area contributed by atoms with Crippen molar-refractivity contribution < 1.29 is 0 Å². The van der Waals surface area contributed by atoms with Crippen molar-refractivity contribution in [2.24, 2.45) is 0 Å². The van der Waals surface area contributed by atoms with E-state index < -0.39 is 0 Å². The fraction of sp³-hybridized carbons (Fsp3) is 0.500. The monoisotopic (exact) mass is 283 g/mol. The van der Waals surface area contributed by atoms with Crippen LogP contribution in [-0.2, 0) is 6.54 Å². The van der Waals surface area contributed by atoms with E-state index in [1.807, 2.05) is 6.07 Å². The van der Waals surface area contributed by atoms with Crippen molar-refractivity contribution in [1.29, 1.82) is 0 Å². The van der Waals surface area contributed by atoms with Crippen molar-refractivity contribution in [3.05, 3.63) is 28.2 Å². The molecule has 1 fully saturated rings. The van der Waals surface area contributed by atoms with Crippen LogP contribution in [0.3, 0.4) is 0 Å². The Morgan fingerprint density at radius 1 is 1.19 bits per heavy atom. The van der Waals surface area contributed by atoms with Gasteiger partial charge in [-0.25, -0.2) is 0 Å². The summed E-state index contributed by atoms with van der Waals surface area (Å²) >= 11 is 3.48. The fourth-order valence-corrected chi connectivity index (χ4v) is 2.59. The molecule has 1 aliphatic heterocycles. The first-order valence-electron chi connectivity index (χ1n) is 5.59. The minimum absolute atomic E-state index is 0.832. The highest BCUT2D eigenvalue weighted by Crippen LogP contribution is 2.18. The van der Waals surface area contributed by atoms with Crippen LogP contribution in [0, 0.1) is 0 Å². The molecular weight excluding hydrogens is 266 g/mol. The number of nitrogens with two attached hydrogens (primary N) is 1. The lowest BCUT2D eigenvalue weighted by Gasteiger charge is -2.32. The minimum atomic E-state index is 0.832. The predicted molar refractivity (Wildman–Crippen MR) is 71.3 cm³/mol. The topological polar surface area (TPSA) is 32.5 Å². The molecule has 3 nitrogen and oxygen atoms in total. The Morgan fingerprint density at radius 3 is 2.50 bits per heavy atom. The number of nitrogens with zero attached hydrogens (tertiary/aromatic N) is 2. The van der Waals surface area contributed by atoms with Gasteiger partial charge in [0.1, 0.15) is 0 Å². The van der Waals surface area contributed by atoms with E-state index in [0.717, 1.165) is 42.9 Å². The number of rotatable bonds is 2. The van der Waals surface area contributed by atoms with E-state index in [-0.39, 0.29) is 0 Å². The van der Waals surface area contributed by atoms with Gasteiger partial charge in [0.15, 0.2) is 0 Å². The molecule has 0 aromatic heterocycles. The molecule has 2 N–H and O–H groups in total. The SMILES string of the molecule is CN1CCN(Cc2cc(N)cc(Br)c2)CC1. The van der Waals surface area contributed by atoms with Crippen LogP contribution >= 0.6 is 15.9 Å². The molecule has 2 rings (SSSR count). The maximum Gasteiger partial charge on any atom is 0.0328 e. The summed E-state index contributed by atoms with van der Waals surface area (Å²) in [6, 6.07) is 6.14. The van der Waals surface area contributed by atoms with E-state index in [9.17, 15) is 0 Å². The second kappa shape index (κ2) is 5.17. The van der Waals surface area contributed by atoms with Crippen molar-refractivity contribution in [2.45, 2.75) is 6.54 Å². The molecule has 16 heavy (non-hydrogen) atoms. The molecule has 0 atom stereocenters. The number of hydrogen-bond donors (Lipinski definition) is 1. The Hall–Kier alpha value is -0.580. The van der Waals surface area contributed by atoms with Gasteiger partial charge in [0.2, 0.25) is 0 Å². The number of piperazine rings is 1. The Kier molecular flexibility index (Phi) is 3.84. The van der Waals surface area contributed by atoms with Gasteiger partial charge < -0.3 is 10.6 Å². The van der Waals surface area contributed by atoms with Crippen molar-refractivity contribution in [3.63, 3.8) is 0 Å². The molecule has 1 heterocycles. The zero-order valence-corrected chi connectivity index (χ0v) is 11.2. The second-order valence-corrected chi connectivity index (χ2v) is 5.39. The molecule has 0 radical (unpaired) electrons. The molecule has 1 aliphatic rings. The Morgan fingerprint density at radius 2 is 1.88 bits per heavy atom. The summed E-state index contributed by atoms with van der Waals surface area (Å²) in [5, 5.41) is 0. The number of halogens is 1. The van der Waals surface area contributed by atoms with E-state index >= 15 is 0 Å². The summed E-state index contributed by atoms with van der Waals surface area (Å²) in [7, 11) is 2.18. The smallest absolute Gasteiger partial charge is 0.0328 e. The molecule has 1 aromatic carbocycles. The van der Waals surface area contributed by atoms with Crippen molar-refractivity contribution in [3.8, 4) is 0 Å². The van der Waals surface area contributed by atoms with E-state index in [0.29, 0.717) is 0 Å². The summed E-state index contributed by atoms with van der Waals surface area (Å²) in [5.74, 6) is 0. The lowest BCUT2D eigenvalue weighted by atomic mass is 10.2. The first kappa shape index (κ1) is 11.9. The van der Waals surface area contributed by atoms with Gasteiger partial charge in [-0.1, -0.05) is 15.9 Å². The molecule has 0 bridgehead atoms. The van der Waals surface area contributed by atoms with Gasteiger partial charge in [-0.15, -0.1) is 0 Å². The lowest BCUT2D eigenvalue weighted by Crippen LogP contribution is -2.43. The van der Waals surface area contributed by atoms with Crippen molar-refractivity contribution in [1.82, 2.24) is 9.80 Å². The Balaban J connectivity index is 1.98. The quantitative estimate of drug-likeness (QED) is 0.840. The molecular formula is C12H18BrN3.